The molecule has 0 aliphatic carbocycles. The van der Waals surface area contributed by atoms with E-state index in [1.807, 2.05) is 18.7 Å². The summed E-state index contributed by atoms with van der Waals surface area (Å²) in [4.78, 5) is 12.7. The first kappa shape index (κ1) is 15.8. The molecule has 0 radical (unpaired) electrons. The van der Waals surface area contributed by atoms with Crippen LogP contribution in [-0.4, -0.2) is 41.7 Å². The van der Waals surface area contributed by atoms with Gasteiger partial charge in [0.1, 0.15) is 12.4 Å². The Morgan fingerprint density at radius 3 is 2.58 bits per heavy atom. The lowest BCUT2D eigenvalue weighted by molar-refractivity contribution is -0.139. The molecule has 1 atom stereocenters. The van der Waals surface area contributed by atoms with Gasteiger partial charge in [-0.05, 0) is 37.6 Å². The van der Waals surface area contributed by atoms with Crippen molar-refractivity contribution in [1.82, 2.24) is 4.90 Å². The summed E-state index contributed by atoms with van der Waals surface area (Å²) < 4.78 is 5.57. The molecule has 0 aromatic heterocycles. The fraction of sp³-hybridized carbons (Fsp3) is 0.500. The van der Waals surface area contributed by atoms with E-state index in [1.165, 1.54) is 0 Å². The van der Waals surface area contributed by atoms with E-state index >= 15 is 0 Å². The molecule has 1 N–H and O–H groups in total. The summed E-state index contributed by atoms with van der Waals surface area (Å²) in [7, 11) is 0. The monoisotopic (exact) mass is 285 g/mol. The minimum Gasteiger partial charge on any atom is -0.492 e. The number of hydrogen-bond donors (Lipinski definition) is 1. The topological polar surface area (TPSA) is 49.8 Å². The second-order valence-electron chi connectivity index (χ2n) is 4.42. The highest BCUT2D eigenvalue weighted by atomic mass is 35.5. The average molecular weight is 286 g/mol. The molecule has 4 nitrogen and oxygen atoms in total. The van der Waals surface area contributed by atoms with Crippen molar-refractivity contribution in [3.8, 4) is 5.75 Å². The number of ether oxygens (including phenoxy) is 1. The van der Waals surface area contributed by atoms with Gasteiger partial charge in [-0.2, -0.15) is 0 Å². The minimum atomic E-state index is -0.813. The summed E-state index contributed by atoms with van der Waals surface area (Å²) >= 11 is 5.78. The molecule has 5 heteroatoms. The maximum Gasteiger partial charge on any atom is 0.317 e. The van der Waals surface area contributed by atoms with Crippen molar-refractivity contribution in [3.63, 3.8) is 0 Å². The zero-order valence-corrected chi connectivity index (χ0v) is 12.1. The number of hydrogen-bond acceptors (Lipinski definition) is 3. The third-order valence-corrected chi connectivity index (χ3v) is 3.27. The van der Waals surface area contributed by atoms with Gasteiger partial charge in [0.2, 0.25) is 0 Å². The summed E-state index contributed by atoms with van der Waals surface area (Å²) in [6.07, 6.45) is 0.911. The Bertz CT molecular complexity index is 394. The van der Waals surface area contributed by atoms with E-state index in [-0.39, 0.29) is 12.6 Å². The maximum absolute atomic E-state index is 10.8. The van der Waals surface area contributed by atoms with Crippen molar-refractivity contribution in [2.75, 3.05) is 19.7 Å². The average Bonchev–Trinajstić information content (AvgIpc) is 2.38. The van der Waals surface area contributed by atoms with Gasteiger partial charge in [0.15, 0.2) is 0 Å². The summed E-state index contributed by atoms with van der Waals surface area (Å²) in [5.74, 6) is -0.0735. The Morgan fingerprint density at radius 1 is 1.42 bits per heavy atom. The van der Waals surface area contributed by atoms with Crippen molar-refractivity contribution in [2.24, 2.45) is 0 Å². The lowest BCUT2D eigenvalue weighted by Gasteiger charge is -2.26. The molecule has 0 saturated heterocycles. The molecule has 0 aliphatic rings. The van der Waals surface area contributed by atoms with Crippen LogP contribution in [0, 0.1) is 0 Å². The van der Waals surface area contributed by atoms with Crippen molar-refractivity contribution < 1.29 is 14.6 Å². The molecule has 0 heterocycles. The van der Waals surface area contributed by atoms with E-state index in [4.69, 9.17) is 21.4 Å². The Kier molecular flexibility index (Phi) is 6.67. The third-order valence-electron chi connectivity index (χ3n) is 3.01. The van der Waals surface area contributed by atoms with Crippen LogP contribution in [-0.2, 0) is 4.79 Å². The molecule has 0 spiro atoms. The first-order valence-electron chi connectivity index (χ1n) is 6.37. The van der Waals surface area contributed by atoms with Crippen LogP contribution in [0.5, 0.6) is 5.75 Å². The van der Waals surface area contributed by atoms with Gasteiger partial charge in [0.05, 0.1) is 6.54 Å². The standard InChI is InChI=1S/C14H20ClNO3/c1-3-11(2)16(10-14(17)18)8-9-19-13-6-4-12(15)5-7-13/h4-7,11H,3,8-10H2,1-2H3,(H,17,18). The molecule has 1 unspecified atom stereocenters. The molecule has 0 bridgehead atoms. The van der Waals surface area contributed by atoms with Crippen LogP contribution >= 0.6 is 11.6 Å². The predicted molar refractivity (Wildman–Crippen MR) is 75.9 cm³/mol. The number of halogens is 1. The number of rotatable bonds is 8. The smallest absolute Gasteiger partial charge is 0.317 e. The Labute approximate surface area is 118 Å². The van der Waals surface area contributed by atoms with Crippen LogP contribution in [0.4, 0.5) is 0 Å². The van der Waals surface area contributed by atoms with Gasteiger partial charge >= 0.3 is 5.97 Å². The zero-order valence-electron chi connectivity index (χ0n) is 11.3. The molecule has 0 aliphatic heterocycles. The fourth-order valence-corrected chi connectivity index (χ4v) is 1.82. The van der Waals surface area contributed by atoms with E-state index in [0.717, 1.165) is 12.2 Å². The minimum absolute atomic E-state index is 0.0407. The van der Waals surface area contributed by atoms with E-state index in [1.54, 1.807) is 24.3 Å². The van der Waals surface area contributed by atoms with Crippen molar-refractivity contribution >= 4 is 17.6 Å². The Balaban J connectivity index is 2.43. The first-order valence-corrected chi connectivity index (χ1v) is 6.75. The SMILES string of the molecule is CCC(C)N(CCOc1ccc(Cl)cc1)CC(=O)O. The van der Waals surface area contributed by atoms with Crippen molar-refractivity contribution in [3.05, 3.63) is 29.3 Å². The molecule has 1 aromatic carbocycles. The van der Waals surface area contributed by atoms with Gasteiger partial charge in [0, 0.05) is 17.6 Å². The number of aliphatic carboxylic acids is 1. The van der Waals surface area contributed by atoms with Crippen LogP contribution < -0.4 is 4.74 Å². The second-order valence-corrected chi connectivity index (χ2v) is 4.86. The van der Waals surface area contributed by atoms with E-state index in [9.17, 15) is 4.79 Å². The van der Waals surface area contributed by atoms with Crippen molar-refractivity contribution in [1.29, 1.82) is 0 Å². The number of carboxylic acid groups (broad SMARTS) is 1. The Hall–Kier alpha value is -1.26. The molecule has 0 fully saturated rings. The number of benzene rings is 1. The highest BCUT2D eigenvalue weighted by Gasteiger charge is 2.15. The van der Waals surface area contributed by atoms with Gasteiger partial charge < -0.3 is 9.84 Å². The molecular formula is C14H20ClNO3. The van der Waals surface area contributed by atoms with E-state index in [0.29, 0.717) is 18.2 Å². The van der Waals surface area contributed by atoms with Crippen molar-refractivity contribution in [2.45, 2.75) is 26.3 Å². The summed E-state index contributed by atoms with van der Waals surface area (Å²) in [5, 5.41) is 9.54. The van der Waals surface area contributed by atoms with E-state index < -0.39 is 5.97 Å². The number of nitrogens with zero attached hydrogens (tertiary/aromatic N) is 1. The van der Waals surface area contributed by atoms with Crippen LogP contribution in [0.3, 0.4) is 0 Å². The van der Waals surface area contributed by atoms with Gasteiger partial charge in [-0.25, -0.2) is 0 Å². The molecule has 0 saturated carbocycles. The zero-order chi connectivity index (χ0) is 14.3. The molecular weight excluding hydrogens is 266 g/mol. The van der Waals surface area contributed by atoms with Gasteiger partial charge in [-0.1, -0.05) is 18.5 Å². The number of carboxylic acids is 1. The molecule has 0 amide bonds. The lowest BCUT2D eigenvalue weighted by Crippen LogP contribution is -2.39. The molecule has 1 rings (SSSR count). The second kappa shape index (κ2) is 8.02. The van der Waals surface area contributed by atoms with Crippen LogP contribution in [0.2, 0.25) is 5.02 Å². The predicted octanol–water partition coefficient (Wildman–Crippen LogP) is 2.90. The summed E-state index contributed by atoms with van der Waals surface area (Å²) in [6.45, 7) is 5.15. The van der Waals surface area contributed by atoms with Gasteiger partial charge in [-0.3, -0.25) is 9.69 Å². The fourth-order valence-electron chi connectivity index (χ4n) is 1.70. The quantitative estimate of drug-likeness (QED) is 0.798. The van der Waals surface area contributed by atoms with Crippen LogP contribution in [0.1, 0.15) is 20.3 Å². The molecule has 19 heavy (non-hydrogen) atoms. The molecule has 1 aromatic rings. The lowest BCUT2D eigenvalue weighted by atomic mass is 10.2. The van der Waals surface area contributed by atoms with Gasteiger partial charge in [-0.15, -0.1) is 0 Å². The van der Waals surface area contributed by atoms with Gasteiger partial charge in [0.25, 0.3) is 0 Å². The van der Waals surface area contributed by atoms with Crippen LogP contribution in [0.25, 0.3) is 0 Å². The third kappa shape index (κ3) is 5.94. The Morgan fingerprint density at radius 2 is 2.05 bits per heavy atom. The maximum atomic E-state index is 10.8. The first-order chi connectivity index (χ1) is 9.02. The largest absolute Gasteiger partial charge is 0.492 e. The highest BCUT2D eigenvalue weighted by molar-refractivity contribution is 6.30. The molecule has 106 valence electrons. The van der Waals surface area contributed by atoms with Crippen LogP contribution in [0.15, 0.2) is 24.3 Å². The summed E-state index contributed by atoms with van der Waals surface area (Å²) in [5.41, 5.74) is 0. The van der Waals surface area contributed by atoms with E-state index in [2.05, 4.69) is 0 Å². The highest BCUT2D eigenvalue weighted by Crippen LogP contribution is 2.15. The number of carbonyl (C=O) groups is 1. The normalized spacial score (nSPS) is 12.4. The summed E-state index contributed by atoms with van der Waals surface area (Å²) in [6, 6.07) is 7.35.